The van der Waals surface area contributed by atoms with Gasteiger partial charge in [-0.3, -0.25) is 14.9 Å². The third-order valence-corrected chi connectivity index (χ3v) is 5.96. The summed E-state index contributed by atoms with van der Waals surface area (Å²) in [5.74, 6) is 0.514. The van der Waals surface area contributed by atoms with Gasteiger partial charge in [-0.25, -0.2) is 0 Å². The fourth-order valence-electron chi connectivity index (χ4n) is 3.12. The molecule has 1 heterocycles. The normalized spacial score (nSPS) is 11.3. The molecule has 1 amide bonds. The van der Waals surface area contributed by atoms with Crippen molar-refractivity contribution in [2.45, 2.75) is 59.8 Å². The molecule has 0 unspecified atom stereocenters. The van der Waals surface area contributed by atoms with Crippen LogP contribution in [0.1, 0.15) is 58.1 Å². The second-order valence-corrected chi connectivity index (χ2v) is 7.99. The monoisotopic (exact) mass is 416 g/mol. The maximum Gasteiger partial charge on any atom is 0.326 e. The quantitative estimate of drug-likeness (QED) is 0.257. The van der Waals surface area contributed by atoms with E-state index in [1.54, 1.807) is 0 Å². The Morgan fingerprint density at radius 2 is 1.93 bits per heavy atom. The molecule has 0 fully saturated rings. The highest BCUT2D eigenvalue weighted by molar-refractivity contribution is 7.19. The van der Waals surface area contributed by atoms with E-state index in [9.17, 15) is 14.9 Å². The minimum absolute atomic E-state index is 0.0506. The van der Waals surface area contributed by atoms with Crippen LogP contribution in [0, 0.1) is 16.0 Å². The van der Waals surface area contributed by atoms with Crippen molar-refractivity contribution in [2.75, 3.05) is 5.32 Å². The SMILES string of the molecule is CCc1cc([N+](=O)[O-])sc1N=Nc1ccc(CCC(CC)CC)cc1NC(C)=O. The number of nitro groups is 1. The molecule has 0 aliphatic rings. The van der Waals surface area contributed by atoms with Crippen molar-refractivity contribution < 1.29 is 9.72 Å². The largest absolute Gasteiger partial charge is 0.326 e. The molecular weight excluding hydrogens is 388 g/mol. The van der Waals surface area contributed by atoms with Gasteiger partial charge >= 0.3 is 5.00 Å². The van der Waals surface area contributed by atoms with Crippen LogP contribution in [0.15, 0.2) is 34.5 Å². The number of hydrogen-bond acceptors (Lipinski definition) is 6. The molecule has 1 N–H and O–H groups in total. The van der Waals surface area contributed by atoms with E-state index in [1.807, 2.05) is 25.1 Å². The van der Waals surface area contributed by atoms with Gasteiger partial charge in [0.15, 0.2) is 0 Å². The molecule has 0 saturated carbocycles. The number of carbonyl (C=O) groups excluding carboxylic acids is 1. The summed E-state index contributed by atoms with van der Waals surface area (Å²) in [6.07, 6.45) is 4.99. The molecule has 0 atom stereocenters. The number of nitrogens with one attached hydrogen (secondary N) is 1. The Bertz CT molecular complexity index is 888. The number of nitrogens with zero attached hydrogens (tertiary/aromatic N) is 3. The molecule has 0 bridgehead atoms. The molecule has 1 aromatic heterocycles. The molecular formula is C21H28N4O3S. The van der Waals surface area contributed by atoms with Crippen LogP contribution in [0.4, 0.5) is 21.4 Å². The molecule has 2 aromatic rings. The number of rotatable bonds is 10. The van der Waals surface area contributed by atoms with Crippen LogP contribution in [0.5, 0.6) is 0 Å². The van der Waals surface area contributed by atoms with Crippen molar-refractivity contribution in [1.82, 2.24) is 0 Å². The van der Waals surface area contributed by atoms with Gasteiger partial charge in [-0.05, 0) is 59.8 Å². The first kappa shape index (κ1) is 22.7. The molecule has 7 nitrogen and oxygen atoms in total. The smallest absolute Gasteiger partial charge is 0.324 e. The number of hydrogen-bond donors (Lipinski definition) is 1. The van der Waals surface area contributed by atoms with Crippen molar-refractivity contribution in [1.29, 1.82) is 0 Å². The lowest BCUT2D eigenvalue weighted by Crippen LogP contribution is -2.06. The van der Waals surface area contributed by atoms with Gasteiger partial charge in [0, 0.05) is 13.0 Å². The molecule has 1 aromatic carbocycles. The van der Waals surface area contributed by atoms with E-state index >= 15 is 0 Å². The zero-order valence-electron chi connectivity index (χ0n) is 17.4. The van der Waals surface area contributed by atoms with Gasteiger partial charge in [0.25, 0.3) is 0 Å². The molecule has 0 saturated heterocycles. The molecule has 156 valence electrons. The molecule has 8 heteroatoms. The summed E-state index contributed by atoms with van der Waals surface area (Å²) >= 11 is 1.00. The average Bonchev–Trinajstić information content (AvgIpc) is 3.11. The Morgan fingerprint density at radius 3 is 2.52 bits per heavy atom. The van der Waals surface area contributed by atoms with Crippen molar-refractivity contribution in [3.8, 4) is 0 Å². The lowest BCUT2D eigenvalue weighted by atomic mass is 9.95. The van der Waals surface area contributed by atoms with Gasteiger partial charge in [0.1, 0.15) is 10.7 Å². The number of carbonyl (C=O) groups is 1. The first-order chi connectivity index (χ1) is 13.9. The predicted octanol–water partition coefficient (Wildman–Crippen LogP) is 6.96. The average molecular weight is 417 g/mol. The van der Waals surface area contributed by atoms with Crippen LogP contribution in [-0.2, 0) is 17.6 Å². The first-order valence-corrected chi connectivity index (χ1v) is 10.8. The zero-order chi connectivity index (χ0) is 21.4. The number of azo groups is 1. The number of thiophene rings is 1. The summed E-state index contributed by atoms with van der Waals surface area (Å²) in [6.45, 7) is 7.79. The lowest BCUT2D eigenvalue weighted by molar-refractivity contribution is -0.380. The predicted molar refractivity (Wildman–Crippen MR) is 118 cm³/mol. The fraction of sp³-hybridized carbons (Fsp3) is 0.476. The van der Waals surface area contributed by atoms with Crippen molar-refractivity contribution >= 4 is 38.6 Å². The Labute approximate surface area is 175 Å². The van der Waals surface area contributed by atoms with E-state index in [4.69, 9.17) is 0 Å². The molecule has 0 aliphatic heterocycles. The maximum atomic E-state index is 11.6. The Hall–Kier alpha value is -2.61. The Kier molecular flexibility index (Phi) is 8.45. The van der Waals surface area contributed by atoms with E-state index in [0.717, 1.165) is 48.1 Å². The van der Waals surface area contributed by atoms with Gasteiger partial charge < -0.3 is 5.32 Å². The van der Waals surface area contributed by atoms with Crippen LogP contribution < -0.4 is 5.32 Å². The van der Waals surface area contributed by atoms with E-state index < -0.39 is 4.92 Å². The van der Waals surface area contributed by atoms with E-state index in [0.29, 0.717) is 28.7 Å². The number of amides is 1. The van der Waals surface area contributed by atoms with Gasteiger partial charge in [0.05, 0.1) is 10.6 Å². The summed E-state index contributed by atoms with van der Waals surface area (Å²) in [5.41, 5.74) is 3.06. The number of aryl methyl sites for hydroxylation is 2. The van der Waals surface area contributed by atoms with E-state index in [1.165, 1.54) is 13.0 Å². The highest BCUT2D eigenvalue weighted by Crippen LogP contribution is 2.38. The first-order valence-electron chi connectivity index (χ1n) is 9.97. The summed E-state index contributed by atoms with van der Waals surface area (Å²) < 4.78 is 0. The molecule has 0 radical (unpaired) electrons. The summed E-state index contributed by atoms with van der Waals surface area (Å²) in [6, 6.07) is 7.31. The highest BCUT2D eigenvalue weighted by Gasteiger charge is 2.16. The van der Waals surface area contributed by atoms with Crippen LogP contribution >= 0.6 is 11.3 Å². The third kappa shape index (κ3) is 6.45. The Morgan fingerprint density at radius 1 is 1.21 bits per heavy atom. The van der Waals surface area contributed by atoms with Gasteiger partial charge in [-0.1, -0.05) is 39.7 Å². The van der Waals surface area contributed by atoms with E-state index in [-0.39, 0.29) is 10.9 Å². The minimum atomic E-state index is -0.416. The minimum Gasteiger partial charge on any atom is -0.324 e. The fourth-order valence-corrected chi connectivity index (χ4v) is 4.01. The van der Waals surface area contributed by atoms with Crippen LogP contribution in [0.2, 0.25) is 0 Å². The second-order valence-electron chi connectivity index (χ2n) is 6.98. The van der Waals surface area contributed by atoms with Crippen LogP contribution in [0.25, 0.3) is 0 Å². The number of anilines is 1. The topological polar surface area (TPSA) is 97.0 Å². The van der Waals surface area contributed by atoms with Crippen molar-refractivity contribution in [2.24, 2.45) is 16.1 Å². The standard InChI is InChI=1S/C21H28N4O3S/c1-5-15(6-2)8-9-16-10-11-18(19(12-16)22-14(4)26)23-24-21-17(7-3)13-20(29-21)25(27)28/h10-13,15H,5-9H2,1-4H3,(H,22,26). The van der Waals surface area contributed by atoms with Crippen molar-refractivity contribution in [3.05, 3.63) is 45.5 Å². The molecule has 29 heavy (non-hydrogen) atoms. The molecule has 0 spiro atoms. The van der Waals surface area contributed by atoms with Gasteiger partial charge in [0.2, 0.25) is 5.91 Å². The van der Waals surface area contributed by atoms with Crippen LogP contribution in [-0.4, -0.2) is 10.8 Å². The maximum absolute atomic E-state index is 11.6. The van der Waals surface area contributed by atoms with E-state index in [2.05, 4.69) is 29.4 Å². The van der Waals surface area contributed by atoms with Crippen LogP contribution in [0.3, 0.4) is 0 Å². The number of benzene rings is 1. The molecule has 0 aliphatic carbocycles. The van der Waals surface area contributed by atoms with Gasteiger partial charge in [-0.2, -0.15) is 0 Å². The summed E-state index contributed by atoms with van der Waals surface area (Å²) in [7, 11) is 0. The lowest BCUT2D eigenvalue weighted by Gasteiger charge is -2.13. The van der Waals surface area contributed by atoms with Gasteiger partial charge in [-0.15, -0.1) is 10.2 Å². The molecule has 2 rings (SSSR count). The summed E-state index contributed by atoms with van der Waals surface area (Å²) in [5, 5.41) is 22.9. The third-order valence-electron chi connectivity index (χ3n) is 4.95. The van der Waals surface area contributed by atoms with Crippen molar-refractivity contribution in [3.63, 3.8) is 0 Å². The summed E-state index contributed by atoms with van der Waals surface area (Å²) in [4.78, 5) is 22.2. The second kappa shape index (κ2) is 10.8. The highest BCUT2D eigenvalue weighted by atomic mass is 32.1. The Balaban J connectivity index is 2.28. The zero-order valence-corrected chi connectivity index (χ0v) is 18.2.